The largest absolute Gasteiger partial charge is 0.592 e. The topological polar surface area (TPSA) is 126 Å². The molecule has 0 bridgehead atoms. The Kier molecular flexibility index (Phi) is 6.54. The number of primary amides is 1. The van der Waals surface area contributed by atoms with Gasteiger partial charge in [-0.05, 0) is 0 Å². The number of hydrogen-bond acceptors (Lipinski definition) is 7. The van der Waals surface area contributed by atoms with Crippen molar-refractivity contribution in [1.82, 2.24) is 5.32 Å². The van der Waals surface area contributed by atoms with Crippen LogP contribution >= 0.6 is 34.8 Å². The summed E-state index contributed by atoms with van der Waals surface area (Å²) in [6.07, 6.45) is -4.29. The van der Waals surface area contributed by atoms with Crippen molar-refractivity contribution in [3.63, 3.8) is 0 Å². The van der Waals surface area contributed by atoms with Crippen molar-refractivity contribution in [3.8, 4) is 0 Å². The van der Waals surface area contributed by atoms with E-state index in [1.807, 2.05) is 5.32 Å². The van der Waals surface area contributed by atoms with E-state index in [1.165, 1.54) is 0 Å². The van der Waals surface area contributed by atoms with Gasteiger partial charge >= 0.3 is 18.3 Å². The summed E-state index contributed by atoms with van der Waals surface area (Å²) in [6, 6.07) is 0. The van der Waals surface area contributed by atoms with Gasteiger partial charge in [-0.15, -0.1) is 0 Å². The minimum absolute atomic E-state index is 0.396. The maximum atomic E-state index is 10.8. The van der Waals surface area contributed by atoms with E-state index >= 15 is 0 Å². The summed E-state index contributed by atoms with van der Waals surface area (Å²) in [6.45, 7) is -0.396. The van der Waals surface area contributed by atoms with E-state index in [0.29, 0.717) is 0 Å². The molecule has 0 spiro atoms. The van der Waals surface area contributed by atoms with Crippen molar-refractivity contribution in [2.45, 2.75) is 3.79 Å². The highest BCUT2D eigenvalue weighted by Crippen LogP contribution is 2.24. The van der Waals surface area contributed by atoms with E-state index in [1.54, 1.807) is 0 Å². The first-order chi connectivity index (χ1) is 7.70. The van der Waals surface area contributed by atoms with Crippen LogP contribution in [-0.4, -0.2) is 28.7 Å². The van der Waals surface area contributed by atoms with Crippen LogP contribution in [0.15, 0.2) is 0 Å². The lowest BCUT2D eigenvalue weighted by molar-refractivity contribution is -0.264. The number of rotatable bonds is 1. The Bertz CT molecular complexity index is 304. The Morgan fingerprint density at radius 2 is 1.59 bits per heavy atom. The lowest BCUT2D eigenvalue weighted by atomic mass is 10.7. The van der Waals surface area contributed by atoms with Gasteiger partial charge in [0.15, 0.2) is 0 Å². The molecule has 12 heteroatoms. The predicted molar refractivity (Wildman–Crippen MR) is 53.0 cm³/mol. The molecule has 0 heterocycles. The van der Waals surface area contributed by atoms with Gasteiger partial charge in [-0.1, -0.05) is 34.8 Å². The van der Waals surface area contributed by atoms with Crippen LogP contribution in [0.2, 0.25) is 0 Å². The molecule has 0 saturated heterocycles. The van der Waals surface area contributed by atoms with Crippen LogP contribution in [0.1, 0.15) is 0 Å². The second-order valence-corrected chi connectivity index (χ2v) is 4.67. The van der Waals surface area contributed by atoms with Crippen molar-refractivity contribution in [2.24, 2.45) is 5.73 Å². The summed E-state index contributed by atoms with van der Waals surface area (Å²) < 4.78 is -1.74. The summed E-state index contributed by atoms with van der Waals surface area (Å²) >= 11 is 15.8. The van der Waals surface area contributed by atoms with Gasteiger partial charge in [-0.3, -0.25) is 0 Å². The zero-order valence-electron chi connectivity index (χ0n) is 7.78. The lowest BCUT2D eigenvalue weighted by Gasteiger charge is -2.10. The molecule has 17 heavy (non-hydrogen) atoms. The van der Waals surface area contributed by atoms with Gasteiger partial charge in [-0.2, -0.15) is 14.6 Å². The predicted octanol–water partition coefficient (Wildman–Crippen LogP) is 1.16. The van der Waals surface area contributed by atoms with Crippen LogP contribution in [0.3, 0.4) is 0 Å². The molecule has 0 aliphatic heterocycles. The molecular weight excluding hydrogens is 306 g/mol. The molecule has 0 unspecified atom stereocenters. The van der Waals surface area contributed by atoms with Crippen LogP contribution in [-0.2, 0) is 19.6 Å². The number of nitrogens with one attached hydrogen (secondary N) is 1. The van der Waals surface area contributed by atoms with Crippen LogP contribution < -0.4 is 11.1 Å². The first kappa shape index (κ1) is 15.7. The first-order valence-corrected chi connectivity index (χ1v) is 4.71. The smallest absolute Gasteiger partial charge is 0.332 e. The average molecular weight is 311 g/mol. The molecular formula is C5H5Cl3N2O7. The number of amides is 2. The van der Waals surface area contributed by atoms with Gasteiger partial charge in [0.25, 0.3) is 0 Å². The van der Waals surface area contributed by atoms with E-state index in [4.69, 9.17) is 34.8 Å². The second kappa shape index (κ2) is 7.09. The maximum absolute atomic E-state index is 10.8. The summed E-state index contributed by atoms with van der Waals surface area (Å²) in [7, 11) is 0. The molecule has 0 atom stereocenters. The van der Waals surface area contributed by atoms with Gasteiger partial charge in [0.1, 0.15) is 0 Å². The molecule has 0 fully saturated rings. The molecule has 0 aliphatic carbocycles. The highest BCUT2D eigenvalue weighted by molar-refractivity contribution is 6.67. The number of carbonyl (C=O) groups excluding carboxylic acids is 3. The fourth-order valence-corrected chi connectivity index (χ4v) is 0.563. The highest BCUT2D eigenvalue weighted by Gasteiger charge is 2.22. The molecule has 98 valence electrons. The van der Waals surface area contributed by atoms with Gasteiger partial charge in [0.2, 0.25) is 3.79 Å². The van der Waals surface area contributed by atoms with E-state index in [0.717, 1.165) is 0 Å². The minimum atomic E-state index is -1.74. The van der Waals surface area contributed by atoms with Crippen molar-refractivity contribution < 1.29 is 33.9 Å². The molecule has 0 aliphatic rings. The molecule has 0 saturated carbocycles. The standard InChI is InChI=1S/C5H5Cl3N2O7/c6-5(7,8)1-10-3(12)15-17-4(13)16-14-2(9)11/h1H2,(H2,9,11)(H,10,12). The molecule has 0 radical (unpaired) electrons. The van der Waals surface area contributed by atoms with Gasteiger partial charge in [0.05, 0.1) is 6.54 Å². The van der Waals surface area contributed by atoms with Crippen molar-refractivity contribution >= 4 is 53.1 Å². The van der Waals surface area contributed by atoms with Crippen LogP contribution in [0, 0.1) is 0 Å². The minimum Gasteiger partial charge on any atom is -0.332 e. The monoisotopic (exact) mass is 310 g/mol. The van der Waals surface area contributed by atoms with Gasteiger partial charge in [0, 0.05) is 0 Å². The molecule has 0 aromatic rings. The molecule has 0 rings (SSSR count). The number of hydrogen-bond donors (Lipinski definition) is 2. The molecule has 0 aromatic heterocycles. The third-order valence-corrected chi connectivity index (χ3v) is 1.21. The molecule has 2 amide bonds. The van der Waals surface area contributed by atoms with E-state index < -0.39 is 28.7 Å². The third kappa shape index (κ3) is 11.0. The maximum Gasteiger partial charge on any atom is 0.592 e. The van der Waals surface area contributed by atoms with Crippen LogP contribution in [0.25, 0.3) is 0 Å². The second-order valence-electron chi connectivity index (χ2n) is 2.16. The quantitative estimate of drug-likeness (QED) is 0.422. The Labute approximate surface area is 109 Å². The first-order valence-electron chi connectivity index (χ1n) is 3.57. The Balaban J connectivity index is 3.70. The number of nitrogens with two attached hydrogens (primary N) is 1. The molecule has 9 nitrogen and oxygen atoms in total. The number of carbonyl (C=O) groups is 3. The molecule has 0 aromatic carbocycles. The zero-order chi connectivity index (χ0) is 13.5. The van der Waals surface area contributed by atoms with Crippen molar-refractivity contribution in [1.29, 1.82) is 0 Å². The fourth-order valence-electron chi connectivity index (χ4n) is 0.363. The number of alkyl halides is 3. The van der Waals surface area contributed by atoms with Crippen molar-refractivity contribution in [2.75, 3.05) is 6.54 Å². The fraction of sp³-hybridized carbons (Fsp3) is 0.400. The van der Waals surface area contributed by atoms with E-state index in [9.17, 15) is 14.4 Å². The summed E-state index contributed by atoms with van der Waals surface area (Å²) in [5.74, 6) is 0. The van der Waals surface area contributed by atoms with E-state index in [2.05, 4.69) is 25.3 Å². The normalized spacial score (nSPS) is 10.1. The Hall–Kier alpha value is -1.32. The van der Waals surface area contributed by atoms with Crippen LogP contribution in [0.4, 0.5) is 14.4 Å². The lowest BCUT2D eigenvalue weighted by Crippen LogP contribution is -2.33. The van der Waals surface area contributed by atoms with Gasteiger partial charge in [-0.25, -0.2) is 19.4 Å². The van der Waals surface area contributed by atoms with Gasteiger partial charge < -0.3 is 11.1 Å². The third-order valence-electron chi connectivity index (χ3n) is 0.810. The Morgan fingerprint density at radius 3 is 2.06 bits per heavy atom. The SMILES string of the molecule is NC(=O)OOC(=O)OOC(=O)NCC(Cl)(Cl)Cl. The Morgan fingerprint density at radius 1 is 1.06 bits per heavy atom. The van der Waals surface area contributed by atoms with Crippen molar-refractivity contribution in [3.05, 3.63) is 0 Å². The van der Waals surface area contributed by atoms with E-state index in [-0.39, 0.29) is 0 Å². The molecule has 3 N–H and O–H groups in total. The summed E-state index contributed by atoms with van der Waals surface area (Å²) in [5, 5.41) is 1.92. The average Bonchev–Trinajstić information content (AvgIpc) is 2.19. The summed E-state index contributed by atoms with van der Waals surface area (Å²) in [4.78, 5) is 45.8. The highest BCUT2D eigenvalue weighted by atomic mass is 35.6. The number of halogens is 3. The zero-order valence-corrected chi connectivity index (χ0v) is 10.0. The van der Waals surface area contributed by atoms with Crippen LogP contribution in [0.5, 0.6) is 0 Å². The summed E-state index contributed by atoms with van der Waals surface area (Å²) in [5.41, 5.74) is 4.43.